The minimum absolute atomic E-state index is 0.0597. The highest BCUT2D eigenvalue weighted by Crippen LogP contribution is 2.38. The van der Waals surface area contributed by atoms with Crippen LogP contribution in [0.15, 0.2) is 83.8 Å². The van der Waals surface area contributed by atoms with Gasteiger partial charge in [0.25, 0.3) is 5.91 Å². The maximum atomic E-state index is 14.3. The molecule has 0 aliphatic carbocycles. The number of rotatable bonds is 9. The smallest absolute Gasteiger partial charge is 0.263 e. The van der Waals surface area contributed by atoms with Crippen LogP contribution in [0.2, 0.25) is 0 Å². The Hall–Kier alpha value is -4.51. The highest BCUT2D eigenvalue weighted by atomic mass is 32.2. The summed E-state index contributed by atoms with van der Waals surface area (Å²) in [6.45, 7) is 0. The summed E-state index contributed by atoms with van der Waals surface area (Å²) in [5.41, 5.74) is -0.218. The number of amides is 2. The van der Waals surface area contributed by atoms with E-state index in [1.807, 2.05) is 5.32 Å². The van der Waals surface area contributed by atoms with E-state index in [0.717, 1.165) is 11.8 Å². The molecule has 0 aliphatic heterocycles. The number of halogens is 4. The second-order valence-corrected chi connectivity index (χ2v) is 9.44. The van der Waals surface area contributed by atoms with Gasteiger partial charge in [-0.25, -0.2) is 17.6 Å². The van der Waals surface area contributed by atoms with Gasteiger partial charge in [-0.2, -0.15) is 0 Å². The van der Waals surface area contributed by atoms with Gasteiger partial charge in [-0.3, -0.25) is 9.59 Å². The Morgan fingerprint density at radius 3 is 1.95 bits per heavy atom. The maximum Gasteiger partial charge on any atom is 0.263 e. The highest BCUT2D eigenvalue weighted by Gasteiger charge is 2.27. The van der Waals surface area contributed by atoms with Crippen LogP contribution < -0.4 is 20.1 Å². The first-order valence-electron chi connectivity index (χ1n) is 11.7. The Kier molecular flexibility index (Phi) is 8.95. The summed E-state index contributed by atoms with van der Waals surface area (Å²) in [6.07, 6.45) is 0. The summed E-state index contributed by atoms with van der Waals surface area (Å²) in [5.74, 6) is -7.56. The van der Waals surface area contributed by atoms with E-state index in [9.17, 15) is 27.2 Å². The van der Waals surface area contributed by atoms with Crippen molar-refractivity contribution >= 4 is 35.0 Å². The molecule has 0 saturated heterocycles. The molecular formula is C29H22F4N2O4S. The van der Waals surface area contributed by atoms with Gasteiger partial charge in [-0.15, -0.1) is 11.8 Å². The molecule has 0 heterocycles. The van der Waals surface area contributed by atoms with Crippen molar-refractivity contribution in [1.29, 1.82) is 0 Å². The minimum Gasteiger partial charge on any atom is -0.496 e. The lowest BCUT2D eigenvalue weighted by molar-refractivity contribution is -0.115. The summed E-state index contributed by atoms with van der Waals surface area (Å²) in [5, 5.41) is 3.66. The first kappa shape index (κ1) is 28.5. The molecule has 2 N–H and O–H groups in total. The van der Waals surface area contributed by atoms with E-state index < -0.39 is 46.0 Å². The Morgan fingerprint density at radius 2 is 1.35 bits per heavy atom. The van der Waals surface area contributed by atoms with E-state index in [0.29, 0.717) is 27.6 Å². The van der Waals surface area contributed by atoms with Crippen LogP contribution in [0.5, 0.6) is 11.5 Å². The normalized spacial score (nSPS) is 11.4. The van der Waals surface area contributed by atoms with Crippen molar-refractivity contribution < 1.29 is 36.6 Å². The van der Waals surface area contributed by atoms with E-state index in [-0.39, 0.29) is 11.6 Å². The molecule has 1 atom stereocenters. The van der Waals surface area contributed by atoms with Crippen LogP contribution in [0.3, 0.4) is 0 Å². The molecule has 0 fully saturated rings. The summed E-state index contributed by atoms with van der Waals surface area (Å²) < 4.78 is 66.5. The summed E-state index contributed by atoms with van der Waals surface area (Å²) in [4.78, 5) is 26.8. The number of thioether (sulfide) groups is 1. The van der Waals surface area contributed by atoms with Gasteiger partial charge in [-0.05, 0) is 35.9 Å². The molecule has 40 heavy (non-hydrogen) atoms. The largest absolute Gasteiger partial charge is 0.496 e. The van der Waals surface area contributed by atoms with Crippen LogP contribution in [0.4, 0.5) is 28.9 Å². The monoisotopic (exact) mass is 570 g/mol. The number of nitrogens with one attached hydrogen (secondary N) is 2. The predicted molar refractivity (Wildman–Crippen MR) is 144 cm³/mol. The average Bonchev–Trinajstić information content (AvgIpc) is 2.97. The van der Waals surface area contributed by atoms with Crippen LogP contribution in [0.25, 0.3) is 0 Å². The third-order valence-corrected chi connectivity index (χ3v) is 6.95. The van der Waals surface area contributed by atoms with Crippen molar-refractivity contribution in [1.82, 2.24) is 0 Å². The fourth-order valence-corrected chi connectivity index (χ4v) is 4.91. The van der Waals surface area contributed by atoms with Crippen molar-refractivity contribution in [3.8, 4) is 11.5 Å². The van der Waals surface area contributed by atoms with E-state index in [1.165, 1.54) is 14.2 Å². The maximum absolute atomic E-state index is 14.3. The van der Waals surface area contributed by atoms with Crippen molar-refractivity contribution in [3.63, 3.8) is 0 Å². The Balaban J connectivity index is 1.62. The molecule has 4 aromatic rings. The lowest BCUT2D eigenvalue weighted by Crippen LogP contribution is -2.21. The van der Waals surface area contributed by atoms with E-state index >= 15 is 0 Å². The number of anilines is 2. The number of ether oxygens (including phenoxy) is 2. The number of benzene rings is 4. The van der Waals surface area contributed by atoms with Gasteiger partial charge in [0.15, 0.2) is 23.3 Å². The lowest BCUT2D eigenvalue weighted by Gasteiger charge is -2.18. The van der Waals surface area contributed by atoms with Crippen LogP contribution in [0.1, 0.15) is 21.2 Å². The quantitative estimate of drug-likeness (QED) is 0.129. The van der Waals surface area contributed by atoms with Crippen LogP contribution in [0, 0.1) is 23.3 Å². The molecule has 4 aromatic carbocycles. The molecular weight excluding hydrogens is 548 g/mol. The number of carbonyl (C=O) groups is 2. The highest BCUT2D eigenvalue weighted by molar-refractivity contribution is 8.00. The summed E-state index contributed by atoms with van der Waals surface area (Å²) in [6, 6.07) is 19.8. The Labute approximate surface area is 231 Å². The van der Waals surface area contributed by atoms with Crippen molar-refractivity contribution in [2.45, 2.75) is 10.1 Å². The van der Waals surface area contributed by atoms with E-state index in [1.54, 1.807) is 72.8 Å². The minimum atomic E-state index is -1.72. The fraction of sp³-hybridized carbons (Fsp3) is 0.103. The fourth-order valence-electron chi connectivity index (χ4n) is 3.82. The zero-order valence-corrected chi connectivity index (χ0v) is 22.0. The van der Waals surface area contributed by atoms with E-state index in [4.69, 9.17) is 9.47 Å². The van der Waals surface area contributed by atoms with Crippen LogP contribution in [-0.4, -0.2) is 26.0 Å². The first-order valence-corrected chi connectivity index (χ1v) is 12.6. The topological polar surface area (TPSA) is 76.7 Å². The van der Waals surface area contributed by atoms with Gasteiger partial charge in [0.2, 0.25) is 5.91 Å². The third-order valence-electron chi connectivity index (χ3n) is 5.70. The third kappa shape index (κ3) is 6.20. The van der Waals surface area contributed by atoms with Crippen LogP contribution >= 0.6 is 11.8 Å². The zero-order chi connectivity index (χ0) is 28.8. The number of hydrogen-bond acceptors (Lipinski definition) is 5. The molecule has 2 amide bonds. The number of methoxy groups -OCH3 is 2. The lowest BCUT2D eigenvalue weighted by atomic mass is 10.1. The number of carbonyl (C=O) groups excluding carboxylic acids is 2. The Morgan fingerprint density at radius 1 is 0.750 bits per heavy atom. The molecule has 0 bridgehead atoms. The van der Waals surface area contributed by atoms with Gasteiger partial charge in [-0.1, -0.05) is 42.5 Å². The van der Waals surface area contributed by atoms with Gasteiger partial charge >= 0.3 is 0 Å². The van der Waals surface area contributed by atoms with Crippen molar-refractivity contribution in [3.05, 3.63) is 113 Å². The first-order chi connectivity index (χ1) is 19.2. The summed E-state index contributed by atoms with van der Waals surface area (Å²) >= 11 is 0.997. The van der Waals surface area contributed by atoms with Gasteiger partial charge in [0.05, 0.1) is 14.2 Å². The van der Waals surface area contributed by atoms with E-state index in [2.05, 4.69) is 5.32 Å². The Bertz CT molecular complexity index is 1500. The van der Waals surface area contributed by atoms with Crippen molar-refractivity contribution in [2.75, 3.05) is 24.9 Å². The van der Waals surface area contributed by atoms with Crippen LogP contribution in [-0.2, 0) is 4.79 Å². The van der Waals surface area contributed by atoms with Gasteiger partial charge in [0, 0.05) is 16.6 Å². The molecule has 11 heteroatoms. The van der Waals surface area contributed by atoms with Crippen molar-refractivity contribution in [2.24, 2.45) is 0 Å². The second-order valence-electron chi connectivity index (χ2n) is 8.26. The van der Waals surface area contributed by atoms with Gasteiger partial charge in [0.1, 0.15) is 28.0 Å². The molecule has 4 rings (SSSR count). The molecule has 0 aliphatic rings. The molecule has 206 valence electrons. The molecule has 0 aromatic heterocycles. The molecule has 1 unspecified atom stereocenters. The standard InChI is InChI=1S/C29H22F4N2O4S/c1-38-21-12-7-13-22(39-2)23(21)28(36)34-17-10-6-11-18(14-17)40-27(16-8-4-3-5-9-16)29(37)35-26-24(32)19(30)15-20(31)25(26)33/h3-15,27H,1-2H3,(H,34,36)(H,35,37). The SMILES string of the molecule is COc1cccc(OC)c1C(=O)Nc1cccc(SC(C(=O)Nc2c(F)c(F)cc(F)c2F)c2ccccc2)c1. The average molecular weight is 571 g/mol. The molecule has 0 spiro atoms. The second kappa shape index (κ2) is 12.6. The van der Waals surface area contributed by atoms with Gasteiger partial charge < -0.3 is 20.1 Å². The molecule has 0 radical (unpaired) electrons. The summed E-state index contributed by atoms with van der Waals surface area (Å²) in [7, 11) is 2.85. The predicted octanol–water partition coefficient (Wildman–Crippen LogP) is 6.98. The molecule has 6 nitrogen and oxygen atoms in total. The molecule has 0 saturated carbocycles. The zero-order valence-electron chi connectivity index (χ0n) is 21.1. The number of hydrogen-bond donors (Lipinski definition) is 2.